The topological polar surface area (TPSA) is 78.9 Å². The van der Waals surface area contributed by atoms with Crippen LogP contribution >= 0.6 is 11.6 Å². The standard InChI is InChI=1S/C17H15ClF3N5O/c18-12-1-2-14(16-23-6-11(3-4-22)7-24-16)15(5-12)27-13-8-25-26(9-13)10-17(19,20)21/h1-2,5-9H,3-4,10,22H2. The van der Waals surface area contributed by atoms with Crippen LogP contribution < -0.4 is 10.5 Å². The van der Waals surface area contributed by atoms with Gasteiger partial charge < -0.3 is 10.5 Å². The number of alkyl halides is 3. The quantitative estimate of drug-likeness (QED) is 0.683. The second kappa shape index (κ2) is 7.93. The van der Waals surface area contributed by atoms with Crippen LogP contribution in [0.25, 0.3) is 11.4 Å². The molecule has 0 aliphatic heterocycles. The molecule has 0 bridgehead atoms. The molecule has 3 rings (SSSR count). The SMILES string of the molecule is NCCc1cnc(-c2ccc(Cl)cc2Oc2cnn(CC(F)(F)F)c2)nc1. The Morgan fingerprint density at radius 2 is 1.89 bits per heavy atom. The van der Waals surface area contributed by atoms with Crippen LogP contribution in [0.4, 0.5) is 13.2 Å². The Balaban J connectivity index is 1.86. The monoisotopic (exact) mass is 397 g/mol. The Bertz CT molecular complexity index is 912. The number of nitrogens with two attached hydrogens (primary N) is 1. The normalized spacial score (nSPS) is 11.6. The van der Waals surface area contributed by atoms with Crippen molar-refractivity contribution in [3.8, 4) is 22.9 Å². The highest BCUT2D eigenvalue weighted by atomic mass is 35.5. The van der Waals surface area contributed by atoms with Gasteiger partial charge in [0.1, 0.15) is 12.3 Å². The van der Waals surface area contributed by atoms with Gasteiger partial charge in [-0.15, -0.1) is 0 Å². The number of hydrogen-bond acceptors (Lipinski definition) is 5. The van der Waals surface area contributed by atoms with E-state index in [0.29, 0.717) is 35.1 Å². The number of hydrogen-bond donors (Lipinski definition) is 1. The van der Waals surface area contributed by atoms with E-state index in [1.165, 1.54) is 12.3 Å². The Morgan fingerprint density at radius 3 is 2.56 bits per heavy atom. The van der Waals surface area contributed by atoms with E-state index in [4.69, 9.17) is 22.1 Å². The number of halogens is 4. The summed E-state index contributed by atoms with van der Waals surface area (Å²) in [4.78, 5) is 8.59. The molecule has 0 radical (unpaired) electrons. The van der Waals surface area contributed by atoms with Crippen molar-refractivity contribution in [2.75, 3.05) is 6.54 Å². The van der Waals surface area contributed by atoms with Gasteiger partial charge in [-0.1, -0.05) is 11.6 Å². The fraction of sp³-hybridized carbons (Fsp3) is 0.235. The lowest BCUT2D eigenvalue weighted by molar-refractivity contribution is -0.142. The Morgan fingerprint density at radius 1 is 1.15 bits per heavy atom. The molecule has 0 atom stereocenters. The molecular weight excluding hydrogens is 383 g/mol. The molecule has 10 heteroatoms. The first-order valence-corrected chi connectivity index (χ1v) is 8.30. The molecule has 0 saturated carbocycles. The second-order valence-corrected chi connectivity index (χ2v) is 6.12. The van der Waals surface area contributed by atoms with Crippen LogP contribution in [0.15, 0.2) is 43.0 Å². The number of benzene rings is 1. The summed E-state index contributed by atoms with van der Waals surface area (Å²) in [6, 6.07) is 4.86. The minimum Gasteiger partial charge on any atom is -0.453 e. The molecule has 2 aromatic heterocycles. The predicted molar refractivity (Wildman–Crippen MR) is 93.6 cm³/mol. The molecule has 0 fully saturated rings. The molecule has 0 unspecified atom stereocenters. The lowest BCUT2D eigenvalue weighted by Crippen LogP contribution is -2.17. The predicted octanol–water partition coefficient (Wildman–Crippen LogP) is 3.85. The van der Waals surface area contributed by atoms with Gasteiger partial charge in [-0.05, 0) is 30.7 Å². The Kier molecular flexibility index (Phi) is 5.62. The summed E-state index contributed by atoms with van der Waals surface area (Å²) in [7, 11) is 0. The van der Waals surface area contributed by atoms with Crippen LogP contribution in [0.3, 0.4) is 0 Å². The molecule has 27 heavy (non-hydrogen) atoms. The molecule has 0 saturated heterocycles. The van der Waals surface area contributed by atoms with Crippen LogP contribution in [-0.2, 0) is 13.0 Å². The summed E-state index contributed by atoms with van der Waals surface area (Å²) < 4.78 is 43.8. The highest BCUT2D eigenvalue weighted by Gasteiger charge is 2.28. The Labute approximate surface area is 157 Å². The van der Waals surface area contributed by atoms with Crippen LogP contribution in [0.2, 0.25) is 5.02 Å². The second-order valence-electron chi connectivity index (χ2n) is 5.68. The van der Waals surface area contributed by atoms with Crippen LogP contribution in [0.5, 0.6) is 11.5 Å². The number of aromatic nitrogens is 4. The van der Waals surface area contributed by atoms with Gasteiger partial charge in [-0.25, -0.2) is 9.97 Å². The van der Waals surface area contributed by atoms with E-state index in [2.05, 4.69) is 15.1 Å². The third-order valence-corrected chi connectivity index (χ3v) is 3.74. The molecule has 2 heterocycles. The third-order valence-electron chi connectivity index (χ3n) is 3.50. The van der Waals surface area contributed by atoms with E-state index in [1.807, 2.05) is 0 Å². The largest absolute Gasteiger partial charge is 0.453 e. The van der Waals surface area contributed by atoms with Gasteiger partial charge >= 0.3 is 6.18 Å². The van der Waals surface area contributed by atoms with Crippen molar-refractivity contribution in [1.29, 1.82) is 0 Å². The smallest absolute Gasteiger partial charge is 0.408 e. The molecule has 0 aliphatic rings. The van der Waals surface area contributed by atoms with Crippen molar-refractivity contribution < 1.29 is 17.9 Å². The molecular formula is C17H15ClF3N5O. The minimum atomic E-state index is -4.37. The van der Waals surface area contributed by atoms with Gasteiger partial charge in [-0.3, -0.25) is 4.68 Å². The average molecular weight is 398 g/mol. The summed E-state index contributed by atoms with van der Waals surface area (Å²) in [6.07, 6.45) is 1.96. The average Bonchev–Trinajstić information content (AvgIpc) is 3.01. The molecule has 6 nitrogen and oxygen atoms in total. The maximum absolute atomic E-state index is 12.5. The fourth-order valence-electron chi connectivity index (χ4n) is 2.35. The van der Waals surface area contributed by atoms with Crippen LogP contribution in [0.1, 0.15) is 5.56 Å². The zero-order valence-corrected chi connectivity index (χ0v) is 14.7. The van der Waals surface area contributed by atoms with Crippen LogP contribution in [0, 0.1) is 0 Å². The van der Waals surface area contributed by atoms with E-state index in [0.717, 1.165) is 16.4 Å². The maximum atomic E-state index is 12.5. The molecule has 142 valence electrons. The van der Waals surface area contributed by atoms with Crippen molar-refractivity contribution in [3.63, 3.8) is 0 Å². The summed E-state index contributed by atoms with van der Waals surface area (Å²) in [5.41, 5.74) is 6.95. The first-order chi connectivity index (χ1) is 12.8. The zero-order chi connectivity index (χ0) is 19.4. The molecule has 0 spiro atoms. The van der Waals surface area contributed by atoms with Crippen molar-refractivity contribution in [3.05, 3.63) is 53.6 Å². The molecule has 1 aromatic carbocycles. The fourth-order valence-corrected chi connectivity index (χ4v) is 2.51. The summed E-state index contributed by atoms with van der Waals surface area (Å²) in [6.45, 7) is -0.718. The third kappa shape index (κ3) is 5.18. The van der Waals surface area contributed by atoms with E-state index in [-0.39, 0.29) is 5.75 Å². The van der Waals surface area contributed by atoms with E-state index >= 15 is 0 Å². The highest BCUT2D eigenvalue weighted by molar-refractivity contribution is 6.30. The molecule has 0 aliphatic carbocycles. The van der Waals surface area contributed by atoms with Crippen molar-refractivity contribution in [2.24, 2.45) is 5.73 Å². The van der Waals surface area contributed by atoms with Gasteiger partial charge in [0.15, 0.2) is 11.6 Å². The number of ether oxygens (including phenoxy) is 1. The Hall–Kier alpha value is -2.65. The first kappa shape index (κ1) is 19.1. The van der Waals surface area contributed by atoms with Gasteiger partial charge in [0.25, 0.3) is 0 Å². The summed E-state index contributed by atoms with van der Waals surface area (Å²) >= 11 is 6.03. The first-order valence-electron chi connectivity index (χ1n) is 7.92. The van der Waals surface area contributed by atoms with Gasteiger partial charge in [0, 0.05) is 23.5 Å². The molecule has 3 aromatic rings. The highest BCUT2D eigenvalue weighted by Crippen LogP contribution is 2.34. The van der Waals surface area contributed by atoms with Gasteiger partial charge in [0.2, 0.25) is 0 Å². The number of nitrogens with zero attached hydrogens (tertiary/aromatic N) is 4. The van der Waals surface area contributed by atoms with E-state index in [9.17, 15) is 13.2 Å². The van der Waals surface area contributed by atoms with E-state index < -0.39 is 12.7 Å². The molecule has 2 N–H and O–H groups in total. The zero-order valence-electron chi connectivity index (χ0n) is 13.9. The minimum absolute atomic E-state index is 0.141. The van der Waals surface area contributed by atoms with Crippen molar-refractivity contribution >= 4 is 11.6 Å². The maximum Gasteiger partial charge on any atom is 0.408 e. The van der Waals surface area contributed by atoms with E-state index in [1.54, 1.807) is 24.5 Å². The van der Waals surface area contributed by atoms with Crippen LogP contribution in [-0.4, -0.2) is 32.5 Å². The summed E-state index contributed by atoms with van der Waals surface area (Å²) in [5, 5.41) is 4.05. The lowest BCUT2D eigenvalue weighted by atomic mass is 10.1. The van der Waals surface area contributed by atoms with Gasteiger partial charge in [-0.2, -0.15) is 18.3 Å². The summed E-state index contributed by atoms with van der Waals surface area (Å²) in [5.74, 6) is 0.841. The van der Waals surface area contributed by atoms with Gasteiger partial charge in [0.05, 0.1) is 18.0 Å². The number of rotatable bonds is 6. The lowest BCUT2D eigenvalue weighted by Gasteiger charge is -2.10. The molecule has 0 amide bonds. The van der Waals surface area contributed by atoms with Crippen molar-refractivity contribution in [1.82, 2.24) is 19.7 Å². The van der Waals surface area contributed by atoms with Crippen molar-refractivity contribution in [2.45, 2.75) is 19.1 Å².